The average Bonchev–Trinajstić information content (AvgIpc) is 2.48. The van der Waals surface area contributed by atoms with Gasteiger partial charge >= 0.3 is 6.03 Å². The van der Waals surface area contributed by atoms with Crippen LogP contribution in [0.2, 0.25) is 0 Å². The largest absolute Gasteiger partial charge is 0.327 e. The number of urea groups is 1. The maximum Gasteiger partial charge on any atom is 0.327 e. The average molecular weight is 252 g/mol. The van der Waals surface area contributed by atoms with Crippen LogP contribution in [0.3, 0.4) is 0 Å². The number of nitrogens with zero attached hydrogens (tertiary/aromatic N) is 2. The molecule has 0 N–H and O–H groups in total. The van der Waals surface area contributed by atoms with Crippen molar-refractivity contribution in [3.05, 3.63) is 0 Å². The van der Waals surface area contributed by atoms with Crippen LogP contribution in [0.4, 0.5) is 4.79 Å². The van der Waals surface area contributed by atoms with Crippen LogP contribution >= 0.6 is 0 Å². The second kappa shape index (κ2) is 4.56. The molecular weight excluding hydrogens is 228 g/mol. The number of hydrogen-bond acceptors (Lipinski definition) is 2. The van der Waals surface area contributed by atoms with Gasteiger partial charge in [-0.25, -0.2) is 4.79 Å². The van der Waals surface area contributed by atoms with Crippen LogP contribution in [0, 0.1) is 5.41 Å². The third-order valence-electron chi connectivity index (χ3n) is 4.37. The van der Waals surface area contributed by atoms with Crippen LogP contribution in [0.5, 0.6) is 0 Å². The highest BCUT2D eigenvalue weighted by Crippen LogP contribution is 2.32. The standard InChI is InChI=1S/C14H24N2O2/c1-10(14(2,3)4)16-12(17)11-8-6-5-7-9-15(11)13(16)18/h10-11H,5-9H2,1-4H3. The van der Waals surface area contributed by atoms with Crippen LogP contribution in [0.25, 0.3) is 0 Å². The number of rotatable bonds is 1. The summed E-state index contributed by atoms with van der Waals surface area (Å²) in [6, 6.07) is -0.316. The van der Waals surface area contributed by atoms with Gasteiger partial charge in [0.1, 0.15) is 6.04 Å². The van der Waals surface area contributed by atoms with Gasteiger partial charge in [0.05, 0.1) is 0 Å². The normalized spacial score (nSPS) is 27.2. The van der Waals surface area contributed by atoms with E-state index >= 15 is 0 Å². The fourth-order valence-corrected chi connectivity index (χ4v) is 2.73. The highest BCUT2D eigenvalue weighted by Gasteiger charge is 2.48. The number of amides is 3. The van der Waals surface area contributed by atoms with Gasteiger partial charge in [0.25, 0.3) is 5.91 Å². The predicted octanol–water partition coefficient (Wildman–Crippen LogP) is 2.63. The van der Waals surface area contributed by atoms with E-state index < -0.39 is 0 Å². The van der Waals surface area contributed by atoms with E-state index in [1.165, 1.54) is 4.90 Å². The third kappa shape index (κ3) is 2.13. The van der Waals surface area contributed by atoms with E-state index in [0.29, 0.717) is 0 Å². The molecule has 0 radical (unpaired) electrons. The summed E-state index contributed by atoms with van der Waals surface area (Å²) in [6.45, 7) is 8.93. The zero-order chi connectivity index (χ0) is 13.5. The zero-order valence-electron chi connectivity index (χ0n) is 11.9. The van der Waals surface area contributed by atoms with Crippen molar-refractivity contribution < 1.29 is 9.59 Å². The molecule has 0 aromatic rings. The summed E-state index contributed by atoms with van der Waals surface area (Å²) in [6.07, 6.45) is 4.03. The highest BCUT2D eigenvalue weighted by atomic mass is 16.2. The molecule has 2 atom stereocenters. The van der Waals surface area contributed by atoms with E-state index in [1.54, 1.807) is 4.90 Å². The van der Waals surface area contributed by atoms with E-state index in [1.807, 2.05) is 6.92 Å². The van der Waals surface area contributed by atoms with Gasteiger partial charge in [0.2, 0.25) is 0 Å². The van der Waals surface area contributed by atoms with Crippen LogP contribution in [0.1, 0.15) is 53.4 Å². The van der Waals surface area contributed by atoms with Gasteiger partial charge < -0.3 is 4.90 Å². The van der Waals surface area contributed by atoms with E-state index in [2.05, 4.69) is 20.8 Å². The molecule has 2 unspecified atom stereocenters. The molecule has 2 fully saturated rings. The molecule has 0 bridgehead atoms. The second-order valence-corrected chi connectivity index (χ2v) is 6.59. The lowest BCUT2D eigenvalue weighted by Gasteiger charge is -2.33. The molecule has 4 nitrogen and oxygen atoms in total. The first-order valence-electron chi connectivity index (χ1n) is 6.97. The van der Waals surface area contributed by atoms with Crippen LogP contribution in [-0.4, -0.2) is 40.4 Å². The summed E-state index contributed by atoms with van der Waals surface area (Å²) in [4.78, 5) is 28.2. The Kier molecular flexibility index (Phi) is 3.39. The Morgan fingerprint density at radius 1 is 1.17 bits per heavy atom. The molecule has 0 aromatic heterocycles. The topological polar surface area (TPSA) is 40.6 Å². The first-order chi connectivity index (χ1) is 8.34. The quantitative estimate of drug-likeness (QED) is 0.673. The van der Waals surface area contributed by atoms with Crippen LogP contribution < -0.4 is 0 Å². The van der Waals surface area contributed by atoms with Crippen molar-refractivity contribution in [2.45, 2.75) is 65.5 Å². The molecule has 0 saturated carbocycles. The zero-order valence-corrected chi connectivity index (χ0v) is 11.9. The van der Waals surface area contributed by atoms with Gasteiger partial charge in [-0.2, -0.15) is 0 Å². The number of hydrogen-bond donors (Lipinski definition) is 0. The lowest BCUT2D eigenvalue weighted by Crippen LogP contribution is -2.46. The van der Waals surface area contributed by atoms with Gasteiger partial charge in [-0.1, -0.05) is 33.6 Å². The first kappa shape index (κ1) is 13.4. The summed E-state index contributed by atoms with van der Waals surface area (Å²) in [5.74, 6) is 0.0179. The third-order valence-corrected chi connectivity index (χ3v) is 4.37. The summed E-state index contributed by atoms with van der Waals surface area (Å²) in [5, 5.41) is 0. The molecule has 4 heteroatoms. The highest BCUT2D eigenvalue weighted by molar-refractivity contribution is 6.04. The number of fused-ring (bicyclic) bond motifs is 1. The molecule has 3 amide bonds. The van der Waals surface area contributed by atoms with Crippen molar-refractivity contribution in [3.63, 3.8) is 0 Å². The van der Waals surface area contributed by atoms with Crippen molar-refractivity contribution >= 4 is 11.9 Å². The summed E-state index contributed by atoms with van der Waals surface area (Å²) >= 11 is 0. The second-order valence-electron chi connectivity index (χ2n) is 6.59. The van der Waals surface area contributed by atoms with E-state index in [0.717, 1.165) is 32.2 Å². The monoisotopic (exact) mass is 252 g/mol. The Balaban J connectivity index is 2.24. The lowest BCUT2D eigenvalue weighted by molar-refractivity contribution is -0.131. The Hall–Kier alpha value is -1.06. The molecule has 2 aliphatic heterocycles. The Labute approximate surface area is 109 Å². The van der Waals surface area contributed by atoms with Gasteiger partial charge in [-0.05, 0) is 25.2 Å². The SMILES string of the molecule is CC(N1C(=O)C2CCCCCN2C1=O)C(C)(C)C. The first-order valence-corrected chi connectivity index (χ1v) is 6.97. The number of carbonyl (C=O) groups is 2. The Morgan fingerprint density at radius 3 is 2.44 bits per heavy atom. The van der Waals surface area contributed by atoms with Crippen LogP contribution in [0.15, 0.2) is 0 Å². The number of carbonyl (C=O) groups excluding carboxylic acids is 2. The minimum atomic E-state index is -0.190. The molecule has 0 aliphatic carbocycles. The minimum absolute atomic E-state index is 0.0179. The van der Waals surface area contributed by atoms with Crippen molar-refractivity contribution in [3.8, 4) is 0 Å². The van der Waals surface area contributed by atoms with Crippen molar-refractivity contribution in [2.75, 3.05) is 6.54 Å². The molecule has 0 aromatic carbocycles. The molecule has 102 valence electrons. The summed E-state index contributed by atoms with van der Waals surface area (Å²) < 4.78 is 0. The molecule has 2 heterocycles. The maximum absolute atomic E-state index is 12.5. The molecule has 18 heavy (non-hydrogen) atoms. The molecule has 2 aliphatic rings. The fourth-order valence-electron chi connectivity index (χ4n) is 2.73. The molecular formula is C14H24N2O2. The van der Waals surface area contributed by atoms with Gasteiger partial charge in [0.15, 0.2) is 0 Å². The molecule has 0 spiro atoms. The predicted molar refractivity (Wildman–Crippen MR) is 70.1 cm³/mol. The lowest BCUT2D eigenvalue weighted by atomic mass is 9.87. The number of imide groups is 1. The Bertz CT molecular complexity index is 335. The minimum Gasteiger partial charge on any atom is -0.312 e. The Morgan fingerprint density at radius 2 is 1.83 bits per heavy atom. The van der Waals surface area contributed by atoms with Gasteiger partial charge in [-0.15, -0.1) is 0 Å². The van der Waals surface area contributed by atoms with Crippen molar-refractivity contribution in [1.29, 1.82) is 0 Å². The van der Waals surface area contributed by atoms with E-state index in [9.17, 15) is 9.59 Å². The van der Waals surface area contributed by atoms with Crippen molar-refractivity contribution in [2.24, 2.45) is 5.41 Å². The van der Waals surface area contributed by atoms with Gasteiger partial charge in [-0.3, -0.25) is 9.69 Å². The van der Waals surface area contributed by atoms with E-state index in [4.69, 9.17) is 0 Å². The molecule has 2 rings (SSSR count). The fraction of sp³-hybridized carbons (Fsp3) is 0.857. The summed E-state index contributed by atoms with van der Waals surface area (Å²) in [5.41, 5.74) is -0.0734. The summed E-state index contributed by atoms with van der Waals surface area (Å²) in [7, 11) is 0. The van der Waals surface area contributed by atoms with Crippen molar-refractivity contribution in [1.82, 2.24) is 9.80 Å². The maximum atomic E-state index is 12.5. The smallest absolute Gasteiger partial charge is 0.312 e. The molecule has 2 saturated heterocycles. The van der Waals surface area contributed by atoms with Crippen LogP contribution in [-0.2, 0) is 4.79 Å². The van der Waals surface area contributed by atoms with E-state index in [-0.39, 0.29) is 29.4 Å². The van der Waals surface area contributed by atoms with Gasteiger partial charge in [0, 0.05) is 12.6 Å².